The molecule has 2 aliphatic rings. The summed E-state index contributed by atoms with van der Waals surface area (Å²) >= 11 is 1.53. The Hall–Kier alpha value is -2.60. The van der Waals surface area contributed by atoms with Crippen LogP contribution in [0, 0.1) is 11.7 Å². The molecule has 162 valence electrons. The van der Waals surface area contributed by atoms with Gasteiger partial charge in [-0.1, -0.05) is 48.5 Å². The quantitative estimate of drug-likeness (QED) is 0.699. The summed E-state index contributed by atoms with van der Waals surface area (Å²) in [5, 5.41) is 3.35. The SMILES string of the molecule is CC(NC(=O)C1CCC2S/C(=C\c3ccccc3F)C(=O)N(C)C2C1)c1ccccc1. The molecule has 0 bridgehead atoms. The molecule has 0 spiro atoms. The van der Waals surface area contributed by atoms with E-state index in [1.807, 2.05) is 37.3 Å². The van der Waals surface area contributed by atoms with Crippen molar-refractivity contribution in [1.82, 2.24) is 10.2 Å². The molecular formula is C25H27FN2O2S. The van der Waals surface area contributed by atoms with Gasteiger partial charge in [0, 0.05) is 29.8 Å². The number of hydrogen-bond donors (Lipinski definition) is 1. The Bertz CT molecular complexity index is 994. The van der Waals surface area contributed by atoms with Gasteiger partial charge in [-0.2, -0.15) is 0 Å². The number of thioether (sulfide) groups is 1. The van der Waals surface area contributed by atoms with Gasteiger partial charge < -0.3 is 10.2 Å². The molecule has 4 nitrogen and oxygen atoms in total. The minimum Gasteiger partial charge on any atom is -0.349 e. The monoisotopic (exact) mass is 438 g/mol. The van der Waals surface area contributed by atoms with Crippen molar-refractivity contribution in [3.05, 3.63) is 76.4 Å². The van der Waals surface area contributed by atoms with Crippen molar-refractivity contribution in [3.8, 4) is 0 Å². The van der Waals surface area contributed by atoms with E-state index in [0.717, 1.165) is 18.4 Å². The highest BCUT2D eigenvalue weighted by atomic mass is 32.2. The molecule has 2 amide bonds. The fourth-order valence-electron chi connectivity index (χ4n) is 4.43. The number of fused-ring (bicyclic) bond motifs is 1. The average molecular weight is 439 g/mol. The van der Waals surface area contributed by atoms with Crippen molar-refractivity contribution in [3.63, 3.8) is 0 Å². The number of amides is 2. The van der Waals surface area contributed by atoms with E-state index in [4.69, 9.17) is 0 Å². The van der Waals surface area contributed by atoms with Crippen molar-refractivity contribution in [2.24, 2.45) is 5.92 Å². The second kappa shape index (κ2) is 9.27. The van der Waals surface area contributed by atoms with E-state index in [9.17, 15) is 14.0 Å². The highest BCUT2D eigenvalue weighted by molar-refractivity contribution is 8.04. The largest absolute Gasteiger partial charge is 0.349 e. The first-order valence-corrected chi connectivity index (χ1v) is 11.6. The maximum Gasteiger partial charge on any atom is 0.260 e. The van der Waals surface area contributed by atoms with Gasteiger partial charge in [0.2, 0.25) is 5.91 Å². The first-order chi connectivity index (χ1) is 14.9. The first-order valence-electron chi connectivity index (χ1n) is 10.7. The maximum atomic E-state index is 14.0. The Kier molecular flexibility index (Phi) is 6.46. The molecule has 0 radical (unpaired) electrons. The zero-order valence-electron chi connectivity index (χ0n) is 17.8. The Labute approximate surface area is 186 Å². The van der Waals surface area contributed by atoms with E-state index in [1.165, 1.54) is 17.8 Å². The maximum absolute atomic E-state index is 14.0. The van der Waals surface area contributed by atoms with Gasteiger partial charge in [-0.25, -0.2) is 4.39 Å². The third-order valence-electron chi connectivity index (χ3n) is 6.28. The Morgan fingerprint density at radius 3 is 2.61 bits per heavy atom. The van der Waals surface area contributed by atoms with E-state index in [2.05, 4.69) is 5.32 Å². The van der Waals surface area contributed by atoms with Gasteiger partial charge in [0.15, 0.2) is 0 Å². The van der Waals surface area contributed by atoms with Crippen LogP contribution in [0.5, 0.6) is 0 Å². The molecule has 1 heterocycles. The van der Waals surface area contributed by atoms with Crippen molar-refractivity contribution in [2.75, 3.05) is 7.05 Å². The summed E-state index contributed by atoms with van der Waals surface area (Å²) in [6.45, 7) is 1.99. The molecule has 4 atom stereocenters. The first kappa shape index (κ1) is 21.6. The van der Waals surface area contributed by atoms with Gasteiger partial charge in [0.05, 0.1) is 10.9 Å². The van der Waals surface area contributed by atoms with Crippen molar-refractivity contribution in [2.45, 2.75) is 43.5 Å². The topological polar surface area (TPSA) is 49.4 Å². The lowest BCUT2D eigenvalue weighted by atomic mass is 9.83. The summed E-state index contributed by atoms with van der Waals surface area (Å²) in [5.41, 5.74) is 1.50. The highest BCUT2D eigenvalue weighted by Crippen LogP contribution is 2.43. The summed E-state index contributed by atoms with van der Waals surface area (Å²) in [5.74, 6) is -0.497. The van der Waals surface area contributed by atoms with Crippen LogP contribution in [0.4, 0.5) is 4.39 Å². The summed E-state index contributed by atoms with van der Waals surface area (Å²) in [6.07, 6.45) is 3.94. The van der Waals surface area contributed by atoms with Crippen LogP contribution in [0.3, 0.4) is 0 Å². The van der Waals surface area contributed by atoms with Gasteiger partial charge in [-0.05, 0) is 43.9 Å². The fourth-order valence-corrected chi connectivity index (χ4v) is 5.90. The molecule has 2 aromatic rings. The number of hydrogen-bond acceptors (Lipinski definition) is 3. The van der Waals surface area contributed by atoms with Gasteiger partial charge in [0.1, 0.15) is 5.82 Å². The highest BCUT2D eigenvalue weighted by Gasteiger charge is 2.43. The van der Waals surface area contributed by atoms with Crippen LogP contribution < -0.4 is 5.32 Å². The van der Waals surface area contributed by atoms with Crippen LogP contribution in [-0.2, 0) is 9.59 Å². The lowest BCUT2D eigenvalue weighted by Crippen LogP contribution is -2.52. The van der Waals surface area contributed by atoms with Crippen LogP contribution in [0.1, 0.15) is 43.4 Å². The number of benzene rings is 2. The normalized spacial score (nSPS) is 25.8. The number of likely N-dealkylation sites (N-methyl/N-ethyl adjacent to an activating group) is 1. The standard InChI is InChI=1S/C25H27FN2O2S/c1-16(17-8-4-3-5-9-17)27-24(29)19-12-13-22-21(14-19)28(2)25(30)23(31-22)15-18-10-6-7-11-20(18)26/h3-11,15-16,19,21-22H,12-14H2,1-2H3,(H,27,29)/b23-15-. The number of rotatable bonds is 4. The summed E-state index contributed by atoms with van der Waals surface area (Å²) in [7, 11) is 1.79. The molecule has 6 heteroatoms. The molecule has 2 fully saturated rings. The molecule has 2 aromatic carbocycles. The van der Waals surface area contributed by atoms with E-state index in [0.29, 0.717) is 16.9 Å². The number of nitrogens with one attached hydrogen (secondary N) is 1. The van der Waals surface area contributed by atoms with Gasteiger partial charge in [-0.3, -0.25) is 9.59 Å². The van der Waals surface area contributed by atoms with E-state index >= 15 is 0 Å². The van der Waals surface area contributed by atoms with Crippen LogP contribution in [0.25, 0.3) is 6.08 Å². The Balaban J connectivity index is 1.43. The zero-order valence-corrected chi connectivity index (χ0v) is 18.6. The van der Waals surface area contributed by atoms with Crippen LogP contribution in [0.15, 0.2) is 59.5 Å². The molecule has 1 saturated carbocycles. The second-order valence-corrected chi connectivity index (χ2v) is 9.60. The van der Waals surface area contributed by atoms with Crippen LogP contribution >= 0.6 is 11.8 Å². The summed E-state index contributed by atoms with van der Waals surface area (Å²) < 4.78 is 14.0. The minimum absolute atomic E-state index is 0.00630. The molecular weight excluding hydrogens is 411 g/mol. The Morgan fingerprint density at radius 1 is 1.16 bits per heavy atom. The Morgan fingerprint density at radius 2 is 1.87 bits per heavy atom. The molecule has 1 N–H and O–H groups in total. The third-order valence-corrected chi connectivity index (χ3v) is 7.68. The molecule has 1 aliphatic heterocycles. The zero-order chi connectivity index (χ0) is 22.0. The predicted octanol–water partition coefficient (Wildman–Crippen LogP) is 4.79. The number of nitrogens with zero attached hydrogens (tertiary/aromatic N) is 1. The second-order valence-electron chi connectivity index (χ2n) is 8.32. The number of halogens is 1. The molecule has 1 saturated heterocycles. The van der Waals surface area contributed by atoms with Crippen molar-refractivity contribution < 1.29 is 14.0 Å². The van der Waals surface area contributed by atoms with E-state index in [1.54, 1.807) is 36.2 Å². The molecule has 0 aromatic heterocycles. The van der Waals surface area contributed by atoms with Gasteiger partial charge >= 0.3 is 0 Å². The third kappa shape index (κ3) is 4.69. The molecule has 1 aliphatic carbocycles. The predicted molar refractivity (Wildman–Crippen MR) is 123 cm³/mol. The smallest absolute Gasteiger partial charge is 0.260 e. The molecule has 31 heavy (non-hydrogen) atoms. The molecule has 4 rings (SSSR count). The summed E-state index contributed by atoms with van der Waals surface area (Å²) in [6, 6.07) is 16.3. The lowest BCUT2D eigenvalue weighted by Gasteiger charge is -2.44. The van der Waals surface area contributed by atoms with Gasteiger partial charge in [-0.15, -0.1) is 11.8 Å². The van der Waals surface area contributed by atoms with Crippen LogP contribution in [-0.4, -0.2) is 35.1 Å². The summed E-state index contributed by atoms with van der Waals surface area (Å²) in [4.78, 5) is 28.2. The van der Waals surface area contributed by atoms with Crippen molar-refractivity contribution >= 4 is 29.7 Å². The number of carbonyl (C=O) groups is 2. The lowest BCUT2D eigenvalue weighted by molar-refractivity contribution is -0.132. The fraction of sp³-hybridized carbons (Fsp3) is 0.360. The van der Waals surface area contributed by atoms with Crippen LogP contribution in [0.2, 0.25) is 0 Å². The average Bonchev–Trinajstić information content (AvgIpc) is 2.79. The van der Waals surface area contributed by atoms with E-state index < -0.39 is 0 Å². The number of carbonyl (C=O) groups excluding carboxylic acids is 2. The molecule has 4 unspecified atom stereocenters. The minimum atomic E-state index is -0.332. The van der Waals surface area contributed by atoms with Gasteiger partial charge in [0.25, 0.3) is 5.91 Å². The van der Waals surface area contributed by atoms with Crippen molar-refractivity contribution in [1.29, 1.82) is 0 Å². The van der Waals surface area contributed by atoms with E-state index in [-0.39, 0.29) is 40.9 Å².